The summed E-state index contributed by atoms with van der Waals surface area (Å²) >= 11 is 0. The number of hydrogen-bond acceptors (Lipinski definition) is 2. The highest BCUT2D eigenvalue weighted by atomic mass is 32.3. The molecule has 0 aliphatic heterocycles. The summed E-state index contributed by atoms with van der Waals surface area (Å²) in [5, 5.41) is 10.4. The second-order valence-corrected chi connectivity index (χ2v) is 7.88. The Morgan fingerprint density at radius 2 is 1.75 bits per heavy atom. The fraction of sp³-hybridized carbons (Fsp3) is 0.400. The zero-order chi connectivity index (χ0) is 12.5. The molecule has 0 saturated carbocycles. The SMILES string of the molecule is CCS(C)(C)c1c(F)cc([N+](=O)[O-])cc1F. The van der Waals surface area contributed by atoms with E-state index in [9.17, 15) is 18.9 Å². The molecule has 1 aromatic carbocycles. The van der Waals surface area contributed by atoms with Gasteiger partial charge in [0.05, 0.1) is 22.0 Å². The van der Waals surface area contributed by atoms with Gasteiger partial charge >= 0.3 is 0 Å². The molecule has 0 aromatic heterocycles. The first-order valence-corrected chi connectivity index (χ1v) is 7.26. The fourth-order valence-corrected chi connectivity index (χ4v) is 2.79. The molecule has 3 nitrogen and oxygen atoms in total. The van der Waals surface area contributed by atoms with Crippen molar-refractivity contribution in [2.75, 3.05) is 18.3 Å². The first-order valence-electron chi connectivity index (χ1n) is 4.64. The van der Waals surface area contributed by atoms with Crippen LogP contribution in [0.15, 0.2) is 17.0 Å². The lowest BCUT2D eigenvalue weighted by molar-refractivity contribution is -0.385. The lowest BCUT2D eigenvalue weighted by Gasteiger charge is -2.30. The van der Waals surface area contributed by atoms with E-state index in [2.05, 4.69) is 0 Å². The van der Waals surface area contributed by atoms with Crippen LogP contribution in [-0.4, -0.2) is 23.2 Å². The van der Waals surface area contributed by atoms with E-state index in [-0.39, 0.29) is 4.90 Å². The van der Waals surface area contributed by atoms with E-state index in [4.69, 9.17) is 0 Å². The van der Waals surface area contributed by atoms with Gasteiger partial charge in [-0.3, -0.25) is 10.1 Å². The van der Waals surface area contributed by atoms with E-state index in [0.29, 0.717) is 5.75 Å². The molecular formula is C10H13F2NO2S. The molecule has 1 aromatic rings. The first kappa shape index (κ1) is 12.9. The lowest BCUT2D eigenvalue weighted by Crippen LogP contribution is -2.06. The van der Waals surface area contributed by atoms with Gasteiger partial charge in [0.2, 0.25) is 0 Å². The summed E-state index contributed by atoms with van der Waals surface area (Å²) in [4.78, 5) is 9.60. The van der Waals surface area contributed by atoms with E-state index in [1.165, 1.54) is 0 Å². The van der Waals surface area contributed by atoms with Gasteiger partial charge in [-0.1, -0.05) is 6.92 Å². The summed E-state index contributed by atoms with van der Waals surface area (Å²) < 4.78 is 27.3. The highest BCUT2D eigenvalue weighted by Gasteiger charge is 2.25. The maximum Gasteiger partial charge on any atom is 0.275 e. The van der Waals surface area contributed by atoms with Crippen LogP contribution >= 0.6 is 10.0 Å². The molecule has 0 atom stereocenters. The monoisotopic (exact) mass is 249 g/mol. The van der Waals surface area contributed by atoms with Crippen LogP contribution < -0.4 is 0 Å². The van der Waals surface area contributed by atoms with Crippen LogP contribution in [-0.2, 0) is 0 Å². The second-order valence-electron chi connectivity index (χ2n) is 3.82. The minimum Gasteiger partial charge on any atom is -0.258 e. The van der Waals surface area contributed by atoms with Crippen molar-refractivity contribution in [1.29, 1.82) is 0 Å². The molecule has 0 saturated heterocycles. The number of hydrogen-bond donors (Lipinski definition) is 0. The van der Waals surface area contributed by atoms with Gasteiger partial charge in [0.1, 0.15) is 11.6 Å². The maximum absolute atomic E-state index is 13.6. The predicted molar refractivity (Wildman–Crippen MR) is 61.3 cm³/mol. The highest BCUT2D eigenvalue weighted by molar-refractivity contribution is 8.32. The summed E-state index contributed by atoms with van der Waals surface area (Å²) in [6, 6.07) is 1.56. The highest BCUT2D eigenvalue weighted by Crippen LogP contribution is 2.51. The molecule has 0 spiro atoms. The third kappa shape index (κ3) is 2.32. The summed E-state index contributed by atoms with van der Waals surface area (Å²) in [6.45, 7) is 1.84. The van der Waals surface area contributed by atoms with Crippen molar-refractivity contribution in [2.45, 2.75) is 11.8 Å². The topological polar surface area (TPSA) is 43.1 Å². The number of nitrogens with zero attached hydrogens (tertiary/aromatic N) is 1. The number of non-ortho nitro benzene ring substituents is 1. The van der Waals surface area contributed by atoms with E-state index < -0.39 is 32.3 Å². The van der Waals surface area contributed by atoms with Gasteiger partial charge in [0, 0.05) is 0 Å². The molecule has 0 radical (unpaired) electrons. The van der Waals surface area contributed by atoms with Crippen molar-refractivity contribution in [1.82, 2.24) is 0 Å². The van der Waals surface area contributed by atoms with Crippen molar-refractivity contribution >= 4 is 15.7 Å². The Kier molecular flexibility index (Phi) is 3.52. The summed E-state index contributed by atoms with van der Waals surface area (Å²) in [5.74, 6) is -1.03. The van der Waals surface area contributed by atoms with Crippen LogP contribution in [0, 0.1) is 21.7 Å². The molecule has 0 heterocycles. The van der Waals surface area contributed by atoms with Crippen LogP contribution in [0.1, 0.15) is 6.92 Å². The lowest BCUT2D eigenvalue weighted by atomic mass is 10.3. The minimum absolute atomic E-state index is 0.0133. The molecule has 90 valence electrons. The van der Waals surface area contributed by atoms with Crippen LogP contribution in [0.5, 0.6) is 0 Å². The Balaban J connectivity index is 3.39. The van der Waals surface area contributed by atoms with E-state index in [1.807, 2.05) is 6.92 Å². The Bertz CT molecular complexity index is 412. The van der Waals surface area contributed by atoms with Crippen molar-refractivity contribution < 1.29 is 13.7 Å². The average molecular weight is 249 g/mol. The smallest absolute Gasteiger partial charge is 0.258 e. The second kappa shape index (κ2) is 4.37. The Morgan fingerprint density at radius 3 is 2.06 bits per heavy atom. The van der Waals surface area contributed by atoms with Crippen molar-refractivity contribution in [3.8, 4) is 0 Å². The van der Waals surface area contributed by atoms with Gasteiger partial charge in [-0.05, 0) is 18.3 Å². The Morgan fingerprint density at radius 1 is 1.31 bits per heavy atom. The fourth-order valence-electron chi connectivity index (χ4n) is 1.32. The Labute approximate surface area is 93.9 Å². The zero-order valence-corrected chi connectivity index (χ0v) is 10.1. The third-order valence-corrected chi connectivity index (χ3v) is 5.41. The standard InChI is InChI=1S/C10H13F2NO2S/c1-4-16(2,3)10-8(11)5-7(13(14)15)6-9(10)12/h5-6H,4H2,1-3H3. The van der Waals surface area contributed by atoms with E-state index >= 15 is 0 Å². The third-order valence-electron chi connectivity index (χ3n) is 2.47. The van der Waals surface area contributed by atoms with Gasteiger partial charge in [0.25, 0.3) is 5.69 Å². The quantitative estimate of drug-likeness (QED) is 0.609. The molecule has 0 bridgehead atoms. The molecule has 1 rings (SSSR count). The number of nitro groups is 1. The number of rotatable bonds is 3. The molecule has 0 N–H and O–H groups in total. The van der Waals surface area contributed by atoms with E-state index in [0.717, 1.165) is 12.1 Å². The van der Waals surface area contributed by atoms with Crippen LogP contribution in [0.3, 0.4) is 0 Å². The molecule has 0 aliphatic carbocycles. The average Bonchev–Trinajstić information content (AvgIpc) is 2.16. The maximum atomic E-state index is 13.6. The van der Waals surface area contributed by atoms with Crippen molar-refractivity contribution in [3.63, 3.8) is 0 Å². The zero-order valence-electron chi connectivity index (χ0n) is 9.29. The first-order chi connectivity index (χ1) is 7.29. The van der Waals surface area contributed by atoms with Crippen LogP contribution in [0.4, 0.5) is 14.5 Å². The van der Waals surface area contributed by atoms with Crippen LogP contribution in [0.2, 0.25) is 0 Å². The number of benzene rings is 1. The molecular weight excluding hydrogens is 236 g/mol. The van der Waals surface area contributed by atoms with Crippen LogP contribution in [0.25, 0.3) is 0 Å². The molecule has 0 fully saturated rings. The van der Waals surface area contributed by atoms with Crippen molar-refractivity contribution in [3.05, 3.63) is 33.9 Å². The molecule has 6 heteroatoms. The van der Waals surface area contributed by atoms with Gasteiger partial charge < -0.3 is 0 Å². The summed E-state index contributed by atoms with van der Waals surface area (Å²) in [7, 11) is -1.57. The number of halogens is 2. The summed E-state index contributed by atoms with van der Waals surface area (Å²) in [6.07, 6.45) is 3.56. The molecule has 0 unspecified atom stereocenters. The van der Waals surface area contributed by atoms with Gasteiger partial charge in [-0.2, -0.15) is 0 Å². The Hall–Kier alpha value is -1.17. The van der Waals surface area contributed by atoms with Gasteiger partial charge in [-0.25, -0.2) is 18.8 Å². The largest absolute Gasteiger partial charge is 0.275 e. The van der Waals surface area contributed by atoms with Crippen molar-refractivity contribution in [2.24, 2.45) is 0 Å². The van der Waals surface area contributed by atoms with Gasteiger partial charge in [-0.15, -0.1) is 0 Å². The van der Waals surface area contributed by atoms with Gasteiger partial charge in [0.15, 0.2) is 0 Å². The predicted octanol–water partition coefficient (Wildman–Crippen LogP) is 3.32. The summed E-state index contributed by atoms with van der Waals surface area (Å²) in [5.41, 5.74) is -0.551. The molecule has 16 heavy (non-hydrogen) atoms. The van der Waals surface area contributed by atoms with E-state index in [1.54, 1.807) is 12.5 Å². The molecule has 0 amide bonds. The minimum atomic E-state index is -1.57. The molecule has 0 aliphatic rings. The number of nitro benzene ring substituents is 1. The normalized spacial score (nSPS) is 12.6.